The fraction of sp³-hybridized carbons (Fsp3) is 0.143. The topological polar surface area (TPSA) is 98.8 Å². The van der Waals surface area contributed by atoms with Crippen LogP contribution in [0.3, 0.4) is 0 Å². The molecule has 7 heteroatoms. The minimum Gasteiger partial charge on any atom is -0.504 e. The van der Waals surface area contributed by atoms with Crippen molar-refractivity contribution < 1.29 is 22.4 Å². The van der Waals surface area contributed by atoms with Crippen LogP contribution in [-0.4, -0.2) is 20.6 Å². The van der Waals surface area contributed by atoms with Gasteiger partial charge in [0.2, 0.25) is 0 Å². The summed E-state index contributed by atoms with van der Waals surface area (Å²) in [7, 11) is -2.74. The molecule has 6 nitrogen and oxygen atoms in total. The first-order valence-electron chi connectivity index (χ1n) is 3.51. The van der Waals surface area contributed by atoms with E-state index in [1.54, 1.807) is 0 Å². The van der Waals surface area contributed by atoms with Crippen LogP contribution in [-0.2, 0) is 10.3 Å². The molecule has 0 aliphatic rings. The first kappa shape index (κ1) is 10.6. The third kappa shape index (κ3) is 2.79. The van der Waals surface area contributed by atoms with Crippen LogP contribution >= 0.6 is 0 Å². The van der Waals surface area contributed by atoms with Crippen LogP contribution in [0.5, 0.6) is 17.2 Å². The highest BCUT2D eigenvalue weighted by molar-refractivity contribution is 7.84. The van der Waals surface area contributed by atoms with Crippen molar-refractivity contribution in [3.05, 3.63) is 18.2 Å². The van der Waals surface area contributed by atoms with Crippen molar-refractivity contribution in [1.29, 1.82) is 0 Å². The summed E-state index contributed by atoms with van der Waals surface area (Å²) in [6, 6.07) is 3.89. The number of nitrogens with two attached hydrogens (primary N) is 1. The molecule has 1 aromatic rings. The van der Waals surface area contributed by atoms with Gasteiger partial charge in [-0.05, 0) is 12.1 Å². The van der Waals surface area contributed by atoms with Crippen molar-refractivity contribution in [1.82, 2.24) is 0 Å². The van der Waals surface area contributed by atoms with Crippen molar-refractivity contribution >= 4 is 10.3 Å². The molecule has 0 aliphatic carbocycles. The zero-order chi connectivity index (χ0) is 10.8. The van der Waals surface area contributed by atoms with E-state index in [4.69, 9.17) is 4.74 Å². The molecular weight excluding hydrogens is 210 g/mol. The second-order valence-corrected chi connectivity index (χ2v) is 3.56. The average molecular weight is 219 g/mol. The van der Waals surface area contributed by atoms with Crippen molar-refractivity contribution in [2.75, 3.05) is 7.11 Å². The molecule has 0 saturated heterocycles. The molecule has 0 amide bonds. The van der Waals surface area contributed by atoms with Gasteiger partial charge >= 0.3 is 10.3 Å². The lowest BCUT2D eigenvalue weighted by Gasteiger charge is -2.06. The molecule has 3 N–H and O–H groups in total. The van der Waals surface area contributed by atoms with Crippen LogP contribution in [0.1, 0.15) is 0 Å². The Balaban J connectivity index is 3.07. The van der Waals surface area contributed by atoms with Crippen LogP contribution in [0, 0.1) is 0 Å². The predicted octanol–water partition coefficient (Wildman–Crippen LogP) is -0.0169. The zero-order valence-electron chi connectivity index (χ0n) is 7.30. The molecule has 0 aliphatic heterocycles. The summed E-state index contributed by atoms with van der Waals surface area (Å²) in [5, 5.41) is 13.8. The molecular formula is C7H9NO5S. The number of hydrogen-bond acceptors (Lipinski definition) is 5. The SMILES string of the molecule is COc1ccc(O)c(OS(N)(=O)=O)c1. The van der Waals surface area contributed by atoms with Gasteiger partial charge in [-0.2, -0.15) is 13.6 Å². The molecule has 0 heterocycles. The van der Waals surface area contributed by atoms with Gasteiger partial charge in [0.25, 0.3) is 0 Å². The van der Waals surface area contributed by atoms with Gasteiger partial charge in [0.05, 0.1) is 7.11 Å². The van der Waals surface area contributed by atoms with Gasteiger partial charge in [0.1, 0.15) is 5.75 Å². The highest BCUT2D eigenvalue weighted by atomic mass is 32.2. The van der Waals surface area contributed by atoms with Gasteiger partial charge < -0.3 is 14.0 Å². The van der Waals surface area contributed by atoms with E-state index in [9.17, 15) is 13.5 Å². The molecule has 0 spiro atoms. The highest BCUT2D eigenvalue weighted by Gasteiger charge is 2.10. The third-order valence-corrected chi connectivity index (χ3v) is 1.78. The van der Waals surface area contributed by atoms with Crippen LogP contribution < -0.4 is 14.1 Å². The number of aromatic hydroxyl groups is 1. The maximum atomic E-state index is 10.6. The molecule has 0 radical (unpaired) electrons. The maximum absolute atomic E-state index is 10.6. The second-order valence-electron chi connectivity index (χ2n) is 2.41. The van der Waals surface area contributed by atoms with Crippen LogP contribution in [0.25, 0.3) is 0 Å². The lowest BCUT2D eigenvalue weighted by atomic mass is 10.3. The van der Waals surface area contributed by atoms with Crippen molar-refractivity contribution in [2.45, 2.75) is 0 Å². The highest BCUT2D eigenvalue weighted by Crippen LogP contribution is 2.30. The molecule has 0 fully saturated rings. The van der Waals surface area contributed by atoms with E-state index in [0.717, 1.165) is 0 Å². The monoisotopic (exact) mass is 219 g/mol. The van der Waals surface area contributed by atoms with E-state index in [1.807, 2.05) is 0 Å². The molecule has 0 unspecified atom stereocenters. The van der Waals surface area contributed by atoms with E-state index < -0.39 is 10.3 Å². The third-order valence-electron chi connectivity index (χ3n) is 1.37. The fourth-order valence-corrected chi connectivity index (χ4v) is 1.20. The lowest BCUT2D eigenvalue weighted by molar-refractivity contribution is 0.401. The minimum absolute atomic E-state index is 0.271. The van der Waals surface area contributed by atoms with Crippen molar-refractivity contribution in [3.63, 3.8) is 0 Å². The zero-order valence-corrected chi connectivity index (χ0v) is 8.11. The Labute approximate surface area is 81.1 Å². The Kier molecular flexibility index (Phi) is 2.82. The Morgan fingerprint density at radius 3 is 2.57 bits per heavy atom. The van der Waals surface area contributed by atoms with Gasteiger partial charge in [-0.3, -0.25) is 0 Å². The number of phenols is 1. The summed E-state index contributed by atoms with van der Waals surface area (Å²) < 4.78 is 30.2. The van der Waals surface area contributed by atoms with Gasteiger partial charge in [-0.1, -0.05) is 0 Å². The van der Waals surface area contributed by atoms with Crippen LogP contribution in [0.4, 0.5) is 0 Å². The average Bonchev–Trinajstić information content (AvgIpc) is 2.06. The first-order valence-corrected chi connectivity index (χ1v) is 4.99. The summed E-state index contributed by atoms with van der Waals surface area (Å²) in [5.74, 6) is -0.256. The predicted molar refractivity (Wildman–Crippen MR) is 48.4 cm³/mol. The largest absolute Gasteiger partial charge is 0.504 e. The van der Waals surface area contributed by atoms with Gasteiger partial charge in [-0.25, -0.2) is 0 Å². The van der Waals surface area contributed by atoms with E-state index in [-0.39, 0.29) is 11.5 Å². The van der Waals surface area contributed by atoms with Crippen molar-refractivity contribution in [2.24, 2.45) is 5.14 Å². The summed E-state index contributed by atoms with van der Waals surface area (Å²) in [6.07, 6.45) is 0. The Morgan fingerprint density at radius 2 is 2.07 bits per heavy atom. The molecule has 0 aromatic heterocycles. The van der Waals surface area contributed by atoms with Gasteiger partial charge in [0.15, 0.2) is 11.5 Å². The maximum Gasteiger partial charge on any atom is 0.380 e. The standard InChI is InChI=1S/C7H9NO5S/c1-12-5-2-3-6(9)7(4-5)13-14(8,10)11/h2-4,9H,1H3,(H2,8,10,11). The number of rotatable bonds is 3. The quantitative estimate of drug-likeness (QED) is 0.744. The minimum atomic E-state index is -4.14. The summed E-state index contributed by atoms with van der Waals surface area (Å²) in [6.45, 7) is 0. The van der Waals surface area contributed by atoms with Crippen molar-refractivity contribution in [3.8, 4) is 17.2 Å². The smallest absolute Gasteiger partial charge is 0.380 e. The fourth-order valence-electron chi connectivity index (χ4n) is 0.813. The van der Waals surface area contributed by atoms with E-state index >= 15 is 0 Å². The Bertz CT molecular complexity index is 428. The molecule has 1 aromatic carbocycles. The summed E-state index contributed by atoms with van der Waals surface area (Å²) >= 11 is 0. The van der Waals surface area contributed by atoms with Crippen LogP contribution in [0.15, 0.2) is 18.2 Å². The number of hydrogen-bond donors (Lipinski definition) is 2. The van der Waals surface area contributed by atoms with E-state index in [2.05, 4.69) is 9.32 Å². The molecule has 14 heavy (non-hydrogen) atoms. The molecule has 0 atom stereocenters. The van der Waals surface area contributed by atoms with E-state index in [0.29, 0.717) is 5.75 Å². The number of phenolic OH excluding ortho intramolecular Hbond substituents is 1. The first-order chi connectivity index (χ1) is 6.42. The Morgan fingerprint density at radius 1 is 1.43 bits per heavy atom. The number of ether oxygens (including phenoxy) is 1. The van der Waals surface area contributed by atoms with Gasteiger partial charge in [-0.15, -0.1) is 0 Å². The molecule has 1 rings (SSSR count). The molecule has 0 bridgehead atoms. The van der Waals surface area contributed by atoms with E-state index in [1.165, 1.54) is 25.3 Å². The second kappa shape index (κ2) is 3.72. The summed E-state index contributed by atoms with van der Waals surface area (Å²) in [5.41, 5.74) is 0. The summed E-state index contributed by atoms with van der Waals surface area (Å²) in [4.78, 5) is 0. The lowest BCUT2D eigenvalue weighted by Crippen LogP contribution is -2.19. The Hall–Kier alpha value is -1.47. The van der Waals surface area contributed by atoms with Crippen LogP contribution in [0.2, 0.25) is 0 Å². The number of benzene rings is 1. The normalized spacial score (nSPS) is 11.0. The molecule has 0 saturated carbocycles. The number of methoxy groups -OCH3 is 1. The van der Waals surface area contributed by atoms with Gasteiger partial charge in [0, 0.05) is 6.07 Å². The molecule has 78 valence electrons.